The molecule has 1 rings (SSSR count). The Bertz CT molecular complexity index is 1130. The van der Waals surface area contributed by atoms with E-state index in [4.69, 9.17) is 53.9 Å². The summed E-state index contributed by atoms with van der Waals surface area (Å²) in [6, 6.07) is 6.24. The second kappa shape index (κ2) is 36.5. The molecule has 5 N–H and O–H groups in total. The van der Waals surface area contributed by atoms with Gasteiger partial charge in [0, 0.05) is 23.7 Å². The molecule has 0 aromatic heterocycles. The van der Waals surface area contributed by atoms with Crippen LogP contribution in [-0.4, -0.2) is 162 Å². The van der Waals surface area contributed by atoms with Crippen LogP contribution >= 0.6 is 0 Å². The van der Waals surface area contributed by atoms with E-state index in [-0.39, 0.29) is 32.3 Å². The monoisotopic (exact) mass is 770 g/mol. The number of nitrogens with two attached hydrogens (primary N) is 1. The molecular formula is C35H60N7O12. The summed E-state index contributed by atoms with van der Waals surface area (Å²) in [4.78, 5) is 39.9. The molecule has 0 spiro atoms. The van der Waals surface area contributed by atoms with E-state index < -0.39 is 17.9 Å². The molecule has 1 radical (unpaired) electrons. The smallest absolute Gasteiger partial charge is 0.246 e. The summed E-state index contributed by atoms with van der Waals surface area (Å²) in [7, 11) is 0. The molecule has 0 fully saturated rings. The van der Waals surface area contributed by atoms with Gasteiger partial charge in [0.15, 0.2) is 0 Å². The number of anilines is 1. The lowest BCUT2D eigenvalue weighted by atomic mass is 10.1. The van der Waals surface area contributed by atoms with Gasteiger partial charge >= 0.3 is 0 Å². The normalized spacial score (nSPS) is 11.5. The second-order valence-electron chi connectivity index (χ2n) is 11.3. The fourth-order valence-electron chi connectivity index (χ4n) is 4.16. The molecule has 1 atom stereocenters. The van der Waals surface area contributed by atoms with E-state index in [9.17, 15) is 14.4 Å². The minimum atomic E-state index is -0.773. The van der Waals surface area contributed by atoms with Gasteiger partial charge in [-0.15, -0.1) is 0 Å². The van der Waals surface area contributed by atoms with Gasteiger partial charge in [0.2, 0.25) is 17.7 Å². The zero-order chi connectivity index (χ0) is 39.2. The number of nitrogens with one attached hydrogen (secondary N) is 3. The first-order valence-corrected chi connectivity index (χ1v) is 18.2. The van der Waals surface area contributed by atoms with E-state index in [1.165, 1.54) is 0 Å². The van der Waals surface area contributed by atoms with Crippen molar-refractivity contribution in [3.05, 3.63) is 47.2 Å². The Kier molecular flexibility index (Phi) is 32.8. The third-order valence-electron chi connectivity index (χ3n) is 6.86. The summed E-state index contributed by atoms with van der Waals surface area (Å²) in [6.45, 7) is 11.0. The van der Waals surface area contributed by atoms with Crippen molar-refractivity contribution in [1.29, 1.82) is 0 Å². The molecule has 19 heteroatoms. The molecule has 1 aromatic rings. The van der Waals surface area contributed by atoms with Crippen molar-refractivity contribution in [2.24, 2.45) is 10.8 Å². The molecule has 307 valence electrons. The minimum absolute atomic E-state index is 0.269. The van der Waals surface area contributed by atoms with Crippen molar-refractivity contribution in [2.45, 2.75) is 25.3 Å². The third-order valence-corrected chi connectivity index (χ3v) is 6.86. The van der Waals surface area contributed by atoms with Crippen LogP contribution in [0.2, 0.25) is 0 Å². The van der Waals surface area contributed by atoms with Crippen LogP contribution in [0, 0.1) is 6.92 Å². The number of azide groups is 1. The predicted molar refractivity (Wildman–Crippen MR) is 199 cm³/mol. The lowest BCUT2D eigenvalue weighted by Crippen LogP contribution is -2.45. The summed E-state index contributed by atoms with van der Waals surface area (Å²) < 4.78 is 48.4. The van der Waals surface area contributed by atoms with Gasteiger partial charge in [-0.1, -0.05) is 17.2 Å². The van der Waals surface area contributed by atoms with Crippen molar-refractivity contribution in [3.63, 3.8) is 0 Å². The molecular weight excluding hydrogens is 710 g/mol. The lowest BCUT2D eigenvalue weighted by molar-refractivity contribution is -0.133. The number of carbonyl (C=O) groups excluding carboxylic acids is 3. The van der Waals surface area contributed by atoms with Crippen LogP contribution < -0.4 is 21.7 Å². The maximum Gasteiger partial charge on any atom is 0.246 e. The van der Waals surface area contributed by atoms with Crippen molar-refractivity contribution in [1.82, 2.24) is 10.6 Å². The van der Waals surface area contributed by atoms with Gasteiger partial charge in [-0.25, -0.2) is 0 Å². The number of ether oxygens (including phenoxy) is 9. The number of hydrogen-bond donors (Lipinski definition) is 4. The van der Waals surface area contributed by atoms with Crippen molar-refractivity contribution in [3.8, 4) is 0 Å². The standard InChI is InChI=1S/C35H60N7O12/c1-30-5-7-31(8-6-30)40-35(45)32(4-2-3-9-36)41-34(44)29-54-28-33(43)38-10-12-46-14-16-48-18-20-50-22-24-52-26-27-53-25-23-51-21-19-49-17-15-47-13-11-39-42-37/h5-8,32H,1-4,9-29,36H2,(H,38,43)(H,40,45)(H,41,44)/t32-/m0/s1. The fourth-order valence-corrected chi connectivity index (χ4v) is 4.16. The Labute approximate surface area is 318 Å². The van der Waals surface area contributed by atoms with Crippen LogP contribution in [0.15, 0.2) is 29.4 Å². The Morgan fingerprint density at radius 3 is 1.61 bits per heavy atom. The summed E-state index contributed by atoms with van der Waals surface area (Å²) in [5.74, 6) is -1.26. The van der Waals surface area contributed by atoms with Crippen LogP contribution in [-0.2, 0) is 57.0 Å². The van der Waals surface area contributed by atoms with Crippen molar-refractivity contribution < 1.29 is 57.0 Å². The van der Waals surface area contributed by atoms with Crippen molar-refractivity contribution in [2.75, 3.05) is 144 Å². The van der Waals surface area contributed by atoms with Gasteiger partial charge in [0.1, 0.15) is 19.3 Å². The zero-order valence-electron chi connectivity index (χ0n) is 31.4. The number of unbranched alkanes of at least 4 members (excludes halogenated alkanes) is 1. The number of rotatable bonds is 38. The van der Waals surface area contributed by atoms with Crippen molar-refractivity contribution >= 4 is 23.4 Å². The average Bonchev–Trinajstić information content (AvgIpc) is 3.16. The van der Waals surface area contributed by atoms with E-state index >= 15 is 0 Å². The van der Waals surface area contributed by atoms with Gasteiger partial charge in [0.25, 0.3) is 0 Å². The Morgan fingerprint density at radius 1 is 0.667 bits per heavy atom. The van der Waals surface area contributed by atoms with Crippen LogP contribution in [0.5, 0.6) is 0 Å². The molecule has 0 heterocycles. The lowest BCUT2D eigenvalue weighted by Gasteiger charge is -2.18. The molecule has 0 aliphatic heterocycles. The molecule has 0 aliphatic rings. The summed E-state index contributed by atoms with van der Waals surface area (Å²) in [6.07, 6.45) is 1.79. The minimum Gasteiger partial charge on any atom is -0.379 e. The van der Waals surface area contributed by atoms with E-state index in [0.717, 1.165) is 5.56 Å². The van der Waals surface area contributed by atoms with Gasteiger partial charge < -0.3 is 64.3 Å². The first-order valence-electron chi connectivity index (χ1n) is 18.2. The molecule has 19 nitrogen and oxygen atoms in total. The Balaban J connectivity index is 1.88. The van der Waals surface area contributed by atoms with E-state index in [0.29, 0.717) is 137 Å². The third kappa shape index (κ3) is 30.9. The molecule has 0 saturated heterocycles. The number of amides is 3. The molecule has 0 bridgehead atoms. The summed E-state index contributed by atoms with van der Waals surface area (Å²) in [5.41, 5.74) is 15.1. The highest BCUT2D eigenvalue weighted by Gasteiger charge is 2.21. The average molecular weight is 771 g/mol. The van der Waals surface area contributed by atoms with Crippen LogP contribution in [0.25, 0.3) is 10.4 Å². The van der Waals surface area contributed by atoms with Crippen LogP contribution in [0.1, 0.15) is 24.8 Å². The fraction of sp³-hybridized carbons (Fsp3) is 0.714. The van der Waals surface area contributed by atoms with Gasteiger partial charge in [-0.05, 0) is 56.0 Å². The summed E-state index contributed by atoms with van der Waals surface area (Å²) >= 11 is 0. The summed E-state index contributed by atoms with van der Waals surface area (Å²) in [5, 5.41) is 11.5. The first kappa shape index (κ1) is 48.6. The quantitative estimate of drug-likeness (QED) is 0.0318. The molecule has 1 aromatic carbocycles. The predicted octanol–water partition coefficient (Wildman–Crippen LogP) is 0.997. The number of nitrogens with zero attached hydrogens (tertiary/aromatic N) is 3. The van der Waals surface area contributed by atoms with E-state index in [2.05, 4.69) is 32.9 Å². The van der Waals surface area contributed by atoms with Gasteiger partial charge in [0.05, 0.1) is 106 Å². The zero-order valence-corrected chi connectivity index (χ0v) is 31.4. The Morgan fingerprint density at radius 2 is 1.13 bits per heavy atom. The first-order chi connectivity index (χ1) is 26.5. The molecule has 0 saturated carbocycles. The SMILES string of the molecule is [CH2]c1ccc(NC(=O)[C@H](CCCCN)NC(=O)COCC(=O)NCCOCCOCCOCCOCCOCCOCCOCCOCCN=[N+]=[N-])cc1. The largest absolute Gasteiger partial charge is 0.379 e. The number of benzene rings is 1. The molecule has 0 aliphatic carbocycles. The molecule has 3 amide bonds. The van der Waals surface area contributed by atoms with Crippen LogP contribution in [0.4, 0.5) is 5.69 Å². The molecule has 0 unspecified atom stereocenters. The van der Waals surface area contributed by atoms with Gasteiger partial charge in [-0.2, -0.15) is 0 Å². The second-order valence-corrected chi connectivity index (χ2v) is 11.3. The maximum absolute atomic E-state index is 12.8. The maximum atomic E-state index is 12.8. The highest BCUT2D eigenvalue weighted by Crippen LogP contribution is 2.11. The number of carbonyl (C=O) groups is 3. The van der Waals surface area contributed by atoms with Gasteiger partial charge in [-0.3, -0.25) is 14.4 Å². The highest BCUT2D eigenvalue weighted by molar-refractivity contribution is 5.97. The van der Waals surface area contributed by atoms with E-state index in [1.807, 2.05) is 0 Å². The highest BCUT2D eigenvalue weighted by atomic mass is 16.6. The number of hydrogen-bond acceptors (Lipinski definition) is 14. The molecule has 54 heavy (non-hydrogen) atoms. The topological polar surface area (TPSA) is 245 Å². The van der Waals surface area contributed by atoms with Crippen LogP contribution in [0.3, 0.4) is 0 Å². The van der Waals surface area contributed by atoms with E-state index in [1.54, 1.807) is 24.3 Å². The Hall–Kier alpha value is -3.46.